The minimum absolute atomic E-state index is 0.0345. The Morgan fingerprint density at radius 3 is 2.71 bits per heavy atom. The van der Waals surface area contributed by atoms with Gasteiger partial charge in [-0.3, -0.25) is 9.59 Å². The Bertz CT molecular complexity index is 782. The van der Waals surface area contributed by atoms with Gasteiger partial charge in [-0.2, -0.15) is 0 Å². The number of rotatable bonds is 3. The van der Waals surface area contributed by atoms with Crippen LogP contribution in [0.3, 0.4) is 0 Å². The van der Waals surface area contributed by atoms with Crippen molar-refractivity contribution in [2.24, 2.45) is 5.92 Å². The third-order valence-electron chi connectivity index (χ3n) is 4.01. The zero-order valence-electron chi connectivity index (χ0n) is 13.6. The summed E-state index contributed by atoms with van der Waals surface area (Å²) in [5, 5.41) is 2.83. The van der Waals surface area contributed by atoms with Crippen molar-refractivity contribution in [2.45, 2.75) is 26.7 Å². The molecule has 1 aliphatic rings. The van der Waals surface area contributed by atoms with Crippen LogP contribution in [0.5, 0.6) is 0 Å². The van der Waals surface area contributed by atoms with Gasteiger partial charge < -0.3 is 14.6 Å². The molecule has 0 saturated carbocycles. The van der Waals surface area contributed by atoms with Gasteiger partial charge in [0, 0.05) is 23.8 Å². The van der Waals surface area contributed by atoms with Crippen molar-refractivity contribution in [1.82, 2.24) is 0 Å². The first-order valence-electron chi connectivity index (χ1n) is 7.96. The van der Waals surface area contributed by atoms with E-state index in [-0.39, 0.29) is 23.5 Å². The number of hydrogen-bond acceptors (Lipinski definition) is 3. The predicted octanol–water partition coefficient (Wildman–Crippen LogP) is 4.23. The molecule has 1 aromatic heterocycles. The van der Waals surface area contributed by atoms with Crippen molar-refractivity contribution in [2.75, 3.05) is 16.8 Å². The number of carbonyl (C=O) groups is 2. The van der Waals surface area contributed by atoms with Gasteiger partial charge in [0.25, 0.3) is 5.91 Å². The Morgan fingerprint density at radius 1 is 1.25 bits per heavy atom. The van der Waals surface area contributed by atoms with E-state index in [0.717, 1.165) is 30.6 Å². The first-order chi connectivity index (χ1) is 11.5. The molecule has 0 radical (unpaired) electrons. The van der Waals surface area contributed by atoms with Gasteiger partial charge in [0.2, 0.25) is 5.91 Å². The highest BCUT2D eigenvalue weighted by molar-refractivity contribution is 9.10. The van der Waals surface area contributed by atoms with E-state index in [4.69, 9.17) is 4.42 Å². The SMILES string of the molecule is CC(C)C(=O)N1CCCc2cc(NC(=O)c3ccc(Br)o3)ccc21. The molecule has 1 aliphatic heterocycles. The van der Waals surface area contributed by atoms with Crippen molar-refractivity contribution in [3.8, 4) is 0 Å². The largest absolute Gasteiger partial charge is 0.444 e. The van der Waals surface area contributed by atoms with Crippen molar-refractivity contribution in [3.63, 3.8) is 0 Å². The molecule has 5 nitrogen and oxygen atoms in total. The molecule has 126 valence electrons. The Labute approximate surface area is 149 Å². The van der Waals surface area contributed by atoms with Crippen LogP contribution in [-0.2, 0) is 11.2 Å². The van der Waals surface area contributed by atoms with Crippen LogP contribution >= 0.6 is 15.9 Å². The number of carbonyl (C=O) groups excluding carboxylic acids is 2. The predicted molar refractivity (Wildman–Crippen MR) is 96.3 cm³/mol. The zero-order chi connectivity index (χ0) is 17.3. The first-order valence-corrected chi connectivity index (χ1v) is 8.76. The summed E-state index contributed by atoms with van der Waals surface area (Å²) < 4.78 is 5.77. The lowest BCUT2D eigenvalue weighted by molar-refractivity contribution is -0.121. The Hall–Kier alpha value is -2.08. The fraction of sp³-hybridized carbons (Fsp3) is 0.333. The van der Waals surface area contributed by atoms with Crippen LogP contribution in [0.2, 0.25) is 0 Å². The Kier molecular flexibility index (Phi) is 4.76. The third kappa shape index (κ3) is 3.38. The van der Waals surface area contributed by atoms with E-state index in [1.54, 1.807) is 12.1 Å². The van der Waals surface area contributed by atoms with E-state index in [1.165, 1.54) is 0 Å². The minimum Gasteiger partial charge on any atom is -0.444 e. The van der Waals surface area contributed by atoms with Crippen LogP contribution in [0, 0.1) is 5.92 Å². The van der Waals surface area contributed by atoms with Crippen LogP contribution in [-0.4, -0.2) is 18.4 Å². The summed E-state index contributed by atoms with van der Waals surface area (Å²) in [6.45, 7) is 4.57. The second-order valence-electron chi connectivity index (χ2n) is 6.15. The number of amides is 2. The second kappa shape index (κ2) is 6.81. The van der Waals surface area contributed by atoms with Gasteiger partial charge in [0.1, 0.15) is 0 Å². The summed E-state index contributed by atoms with van der Waals surface area (Å²) in [5.41, 5.74) is 2.72. The summed E-state index contributed by atoms with van der Waals surface area (Å²) in [4.78, 5) is 26.4. The van der Waals surface area contributed by atoms with Gasteiger partial charge in [-0.25, -0.2) is 0 Å². The smallest absolute Gasteiger partial charge is 0.291 e. The van der Waals surface area contributed by atoms with Crippen LogP contribution in [0.1, 0.15) is 36.4 Å². The lowest BCUT2D eigenvalue weighted by atomic mass is 9.99. The number of benzene rings is 1. The number of aryl methyl sites for hydroxylation is 1. The minimum atomic E-state index is -0.299. The van der Waals surface area contributed by atoms with Crippen LogP contribution < -0.4 is 10.2 Å². The lowest BCUT2D eigenvalue weighted by Gasteiger charge is -2.31. The maximum atomic E-state index is 12.3. The normalized spacial score (nSPS) is 13.8. The second-order valence-corrected chi connectivity index (χ2v) is 6.93. The van der Waals surface area contributed by atoms with Crippen molar-refractivity contribution >= 4 is 39.1 Å². The first kappa shape index (κ1) is 16.8. The van der Waals surface area contributed by atoms with Gasteiger partial charge in [0.15, 0.2) is 10.4 Å². The quantitative estimate of drug-likeness (QED) is 0.852. The van der Waals surface area contributed by atoms with Crippen molar-refractivity contribution in [3.05, 3.63) is 46.3 Å². The van der Waals surface area contributed by atoms with E-state index >= 15 is 0 Å². The van der Waals surface area contributed by atoms with E-state index < -0.39 is 0 Å². The summed E-state index contributed by atoms with van der Waals surface area (Å²) in [7, 11) is 0. The highest BCUT2D eigenvalue weighted by Gasteiger charge is 2.24. The molecule has 0 bridgehead atoms. The highest BCUT2D eigenvalue weighted by Crippen LogP contribution is 2.31. The van der Waals surface area contributed by atoms with Crippen molar-refractivity contribution < 1.29 is 14.0 Å². The highest BCUT2D eigenvalue weighted by atomic mass is 79.9. The number of halogens is 1. The van der Waals surface area contributed by atoms with Crippen LogP contribution in [0.15, 0.2) is 39.4 Å². The van der Waals surface area contributed by atoms with Gasteiger partial charge >= 0.3 is 0 Å². The van der Waals surface area contributed by atoms with Gasteiger partial charge in [-0.05, 0) is 64.7 Å². The molecule has 2 amide bonds. The Morgan fingerprint density at radius 2 is 2.04 bits per heavy atom. The molecule has 0 unspecified atom stereocenters. The average Bonchev–Trinajstić information content (AvgIpc) is 3.00. The summed E-state index contributed by atoms with van der Waals surface area (Å²) in [6.07, 6.45) is 1.82. The van der Waals surface area contributed by atoms with Gasteiger partial charge in [-0.15, -0.1) is 0 Å². The summed E-state index contributed by atoms with van der Waals surface area (Å²) in [5.74, 6) is 0.0451. The van der Waals surface area contributed by atoms with E-state index in [9.17, 15) is 9.59 Å². The summed E-state index contributed by atoms with van der Waals surface area (Å²) >= 11 is 3.18. The van der Waals surface area contributed by atoms with Crippen LogP contribution in [0.4, 0.5) is 11.4 Å². The van der Waals surface area contributed by atoms with E-state index in [0.29, 0.717) is 10.4 Å². The molecule has 0 atom stereocenters. The number of furan rings is 1. The fourth-order valence-electron chi connectivity index (χ4n) is 2.84. The fourth-order valence-corrected chi connectivity index (χ4v) is 3.15. The van der Waals surface area contributed by atoms with Gasteiger partial charge in [-0.1, -0.05) is 13.8 Å². The third-order valence-corrected chi connectivity index (χ3v) is 4.44. The molecule has 1 aromatic carbocycles. The number of fused-ring (bicyclic) bond motifs is 1. The number of nitrogens with zero attached hydrogens (tertiary/aromatic N) is 1. The molecule has 0 spiro atoms. The standard InChI is InChI=1S/C18H19BrN2O3/c1-11(2)18(23)21-9-3-4-12-10-13(5-6-14(12)21)20-17(22)15-7-8-16(19)24-15/h5-8,10-11H,3-4,9H2,1-2H3,(H,20,22). The van der Waals surface area contributed by atoms with E-state index in [1.807, 2.05) is 36.9 Å². The molecule has 2 heterocycles. The monoisotopic (exact) mass is 390 g/mol. The molecule has 1 N–H and O–H groups in total. The topological polar surface area (TPSA) is 62.6 Å². The van der Waals surface area contributed by atoms with Gasteiger partial charge in [0.05, 0.1) is 0 Å². The molecule has 24 heavy (non-hydrogen) atoms. The molecule has 0 aliphatic carbocycles. The number of hydrogen-bond donors (Lipinski definition) is 1. The summed E-state index contributed by atoms with van der Waals surface area (Å²) in [6, 6.07) is 8.95. The lowest BCUT2D eigenvalue weighted by Crippen LogP contribution is -2.38. The molecule has 2 aromatic rings. The molecule has 3 rings (SSSR count). The Balaban J connectivity index is 1.81. The number of anilines is 2. The average molecular weight is 391 g/mol. The zero-order valence-corrected chi connectivity index (χ0v) is 15.2. The molecular weight excluding hydrogens is 372 g/mol. The maximum absolute atomic E-state index is 12.3. The van der Waals surface area contributed by atoms with E-state index in [2.05, 4.69) is 21.2 Å². The molecule has 0 fully saturated rings. The van der Waals surface area contributed by atoms with Crippen molar-refractivity contribution in [1.29, 1.82) is 0 Å². The maximum Gasteiger partial charge on any atom is 0.291 e. The molecule has 0 saturated heterocycles. The molecular formula is C18H19BrN2O3. The number of nitrogens with one attached hydrogen (secondary N) is 1. The molecule has 6 heteroatoms. The van der Waals surface area contributed by atoms with Crippen LogP contribution in [0.25, 0.3) is 0 Å².